The van der Waals surface area contributed by atoms with E-state index in [4.69, 9.17) is 11.6 Å². The second-order valence-electron chi connectivity index (χ2n) is 4.46. The number of carbonyl (C=O) groups excluding carboxylic acids is 1. The summed E-state index contributed by atoms with van der Waals surface area (Å²) in [6, 6.07) is 4.68. The highest BCUT2D eigenvalue weighted by molar-refractivity contribution is 9.10. The molecule has 0 bridgehead atoms. The summed E-state index contributed by atoms with van der Waals surface area (Å²) >= 11 is 9.29. The first-order valence-corrected chi connectivity index (χ1v) is 7.16. The fourth-order valence-corrected chi connectivity index (χ4v) is 2.27. The first-order chi connectivity index (χ1) is 10.2. The first-order valence-electron chi connectivity index (χ1n) is 5.98. The zero-order valence-corrected chi connectivity index (χ0v) is 13.5. The molecule has 0 saturated carbocycles. The predicted molar refractivity (Wildman–Crippen MR) is 81.1 cm³/mol. The highest BCUT2D eigenvalue weighted by Crippen LogP contribution is 2.31. The van der Waals surface area contributed by atoms with Gasteiger partial charge in [0.05, 0.1) is 16.3 Å². The summed E-state index contributed by atoms with van der Waals surface area (Å²) in [6.45, 7) is 1.82. The maximum absolute atomic E-state index is 12.6. The molecule has 1 aromatic heterocycles. The molecule has 1 amide bonds. The van der Waals surface area contributed by atoms with Gasteiger partial charge in [0.1, 0.15) is 5.69 Å². The Hall–Kier alpha value is -1.60. The van der Waals surface area contributed by atoms with Crippen LogP contribution in [-0.2, 0) is 6.18 Å². The van der Waals surface area contributed by atoms with Gasteiger partial charge in [0, 0.05) is 10.7 Å². The zero-order chi connectivity index (χ0) is 16.5. The molecule has 0 fully saturated rings. The van der Waals surface area contributed by atoms with Crippen molar-refractivity contribution in [3.63, 3.8) is 0 Å². The van der Waals surface area contributed by atoms with Crippen LogP contribution in [0.15, 0.2) is 34.9 Å². The number of nitrogens with one attached hydrogen (secondary N) is 1. The van der Waals surface area contributed by atoms with Crippen LogP contribution in [0.1, 0.15) is 21.6 Å². The molecule has 0 aliphatic heterocycles. The van der Waals surface area contributed by atoms with E-state index >= 15 is 0 Å². The Morgan fingerprint density at radius 3 is 2.64 bits per heavy atom. The third-order valence-corrected chi connectivity index (χ3v) is 3.98. The summed E-state index contributed by atoms with van der Waals surface area (Å²) in [6.07, 6.45) is -3.60. The molecular weight excluding hydrogens is 385 g/mol. The van der Waals surface area contributed by atoms with Gasteiger partial charge in [-0.25, -0.2) is 0 Å². The summed E-state index contributed by atoms with van der Waals surface area (Å²) in [5, 5.41) is 2.72. The summed E-state index contributed by atoms with van der Waals surface area (Å²) in [7, 11) is 0. The van der Waals surface area contributed by atoms with E-state index in [1.165, 1.54) is 0 Å². The van der Waals surface area contributed by atoms with Crippen molar-refractivity contribution in [2.75, 3.05) is 5.32 Å². The summed E-state index contributed by atoms with van der Waals surface area (Å²) in [5.41, 5.74) is -0.144. The number of anilines is 1. The number of pyridine rings is 1. The van der Waals surface area contributed by atoms with E-state index in [9.17, 15) is 18.0 Å². The Morgan fingerprint density at radius 2 is 2.00 bits per heavy atom. The fourth-order valence-electron chi connectivity index (χ4n) is 1.66. The molecule has 0 aliphatic carbocycles. The maximum Gasteiger partial charge on any atom is 0.416 e. The van der Waals surface area contributed by atoms with Crippen LogP contribution in [0.5, 0.6) is 0 Å². The number of hydrogen-bond donors (Lipinski definition) is 1. The van der Waals surface area contributed by atoms with E-state index < -0.39 is 17.6 Å². The highest BCUT2D eigenvalue weighted by atomic mass is 79.9. The SMILES string of the molecule is Cc1cc(Cl)c(NC(=O)c2cc(C(F)(F)F)ccn2)cc1Br. The van der Waals surface area contributed by atoms with Crippen LogP contribution in [0.4, 0.5) is 18.9 Å². The molecular formula is C14H9BrClF3N2O. The Labute approximate surface area is 137 Å². The van der Waals surface area contributed by atoms with Crippen molar-refractivity contribution in [1.29, 1.82) is 0 Å². The first kappa shape index (κ1) is 16.8. The third-order valence-electron chi connectivity index (χ3n) is 2.82. The van der Waals surface area contributed by atoms with Gasteiger partial charge in [-0.3, -0.25) is 9.78 Å². The molecule has 8 heteroatoms. The van der Waals surface area contributed by atoms with Crippen LogP contribution in [0.2, 0.25) is 5.02 Å². The Bertz CT molecular complexity index is 735. The molecule has 0 radical (unpaired) electrons. The number of hydrogen-bond acceptors (Lipinski definition) is 2. The molecule has 1 heterocycles. The molecule has 0 spiro atoms. The number of aryl methyl sites for hydroxylation is 1. The summed E-state index contributed by atoms with van der Waals surface area (Å²) in [4.78, 5) is 15.7. The molecule has 0 saturated heterocycles. The fraction of sp³-hybridized carbons (Fsp3) is 0.143. The largest absolute Gasteiger partial charge is 0.416 e. The van der Waals surface area contributed by atoms with Crippen molar-refractivity contribution in [2.24, 2.45) is 0 Å². The van der Waals surface area contributed by atoms with Crippen molar-refractivity contribution in [2.45, 2.75) is 13.1 Å². The van der Waals surface area contributed by atoms with E-state index in [-0.39, 0.29) is 16.4 Å². The average Bonchev–Trinajstić information content (AvgIpc) is 2.44. The average molecular weight is 394 g/mol. The van der Waals surface area contributed by atoms with Gasteiger partial charge in [-0.2, -0.15) is 13.2 Å². The lowest BCUT2D eigenvalue weighted by atomic mass is 10.2. The second-order valence-corrected chi connectivity index (χ2v) is 5.72. The van der Waals surface area contributed by atoms with Crippen LogP contribution in [0, 0.1) is 6.92 Å². The normalized spacial score (nSPS) is 11.4. The minimum absolute atomic E-state index is 0.279. The lowest BCUT2D eigenvalue weighted by molar-refractivity contribution is -0.137. The second kappa shape index (κ2) is 6.26. The number of carbonyl (C=O) groups is 1. The number of amides is 1. The maximum atomic E-state index is 12.6. The minimum atomic E-state index is -4.54. The molecule has 3 nitrogen and oxygen atoms in total. The number of rotatable bonds is 2. The Morgan fingerprint density at radius 1 is 1.32 bits per heavy atom. The molecule has 0 aliphatic rings. The standard InChI is InChI=1S/C14H9BrClF3N2O/c1-7-4-10(16)11(6-9(7)15)21-13(22)12-5-8(2-3-20-12)14(17,18)19/h2-6H,1H3,(H,21,22). The van der Waals surface area contributed by atoms with Crippen molar-refractivity contribution in [1.82, 2.24) is 4.98 Å². The minimum Gasteiger partial charge on any atom is -0.319 e. The number of benzene rings is 1. The highest BCUT2D eigenvalue weighted by Gasteiger charge is 2.31. The van der Waals surface area contributed by atoms with Gasteiger partial charge < -0.3 is 5.32 Å². The van der Waals surface area contributed by atoms with Gasteiger partial charge in [-0.05, 0) is 36.8 Å². The molecule has 1 N–H and O–H groups in total. The van der Waals surface area contributed by atoms with Crippen LogP contribution in [0.3, 0.4) is 0 Å². The molecule has 0 atom stereocenters. The molecule has 116 valence electrons. The Balaban J connectivity index is 2.29. The number of aromatic nitrogens is 1. The van der Waals surface area contributed by atoms with Crippen molar-refractivity contribution in [3.05, 3.63) is 56.8 Å². The Kier molecular flexibility index (Phi) is 4.77. The molecule has 22 heavy (non-hydrogen) atoms. The van der Waals surface area contributed by atoms with E-state index in [1.807, 2.05) is 6.92 Å². The molecule has 1 aromatic carbocycles. The van der Waals surface area contributed by atoms with Gasteiger partial charge >= 0.3 is 6.18 Å². The van der Waals surface area contributed by atoms with Crippen molar-refractivity contribution < 1.29 is 18.0 Å². The lowest BCUT2D eigenvalue weighted by Gasteiger charge is -2.10. The summed E-state index contributed by atoms with van der Waals surface area (Å²) < 4.78 is 38.6. The van der Waals surface area contributed by atoms with E-state index in [0.29, 0.717) is 10.5 Å². The number of halogens is 5. The van der Waals surface area contributed by atoms with Gasteiger partial charge in [0.15, 0.2) is 0 Å². The van der Waals surface area contributed by atoms with Crippen LogP contribution >= 0.6 is 27.5 Å². The molecule has 2 aromatic rings. The van der Waals surface area contributed by atoms with Crippen LogP contribution < -0.4 is 5.32 Å². The van der Waals surface area contributed by atoms with Gasteiger partial charge in [0.25, 0.3) is 5.91 Å². The monoisotopic (exact) mass is 392 g/mol. The van der Waals surface area contributed by atoms with E-state index in [1.54, 1.807) is 12.1 Å². The third kappa shape index (κ3) is 3.78. The summed E-state index contributed by atoms with van der Waals surface area (Å²) in [5.74, 6) is -0.774. The zero-order valence-electron chi connectivity index (χ0n) is 11.1. The van der Waals surface area contributed by atoms with Gasteiger partial charge in [-0.1, -0.05) is 27.5 Å². The lowest BCUT2D eigenvalue weighted by Crippen LogP contribution is -2.16. The van der Waals surface area contributed by atoms with E-state index in [0.717, 1.165) is 17.8 Å². The van der Waals surface area contributed by atoms with Gasteiger partial charge in [-0.15, -0.1) is 0 Å². The topological polar surface area (TPSA) is 42.0 Å². The van der Waals surface area contributed by atoms with Crippen molar-refractivity contribution in [3.8, 4) is 0 Å². The number of nitrogens with zero attached hydrogens (tertiary/aromatic N) is 1. The van der Waals surface area contributed by atoms with Crippen molar-refractivity contribution >= 4 is 39.1 Å². The van der Waals surface area contributed by atoms with E-state index in [2.05, 4.69) is 26.2 Å². The van der Waals surface area contributed by atoms with Gasteiger partial charge in [0.2, 0.25) is 0 Å². The number of alkyl halides is 3. The van der Waals surface area contributed by atoms with Crippen LogP contribution in [-0.4, -0.2) is 10.9 Å². The molecule has 0 unspecified atom stereocenters. The smallest absolute Gasteiger partial charge is 0.319 e. The molecule has 2 rings (SSSR count). The van der Waals surface area contributed by atoms with Crippen LogP contribution in [0.25, 0.3) is 0 Å². The quantitative estimate of drug-likeness (QED) is 0.773. The predicted octanol–water partition coefficient (Wildman–Crippen LogP) is 5.08.